The van der Waals surface area contributed by atoms with Gasteiger partial charge in [0.1, 0.15) is 11.9 Å². The van der Waals surface area contributed by atoms with Gasteiger partial charge in [-0.25, -0.2) is 0 Å². The summed E-state index contributed by atoms with van der Waals surface area (Å²) in [6.07, 6.45) is 8.75. The molecule has 1 aliphatic carbocycles. The number of ether oxygens (including phenoxy) is 1. The van der Waals surface area contributed by atoms with E-state index in [9.17, 15) is 0 Å². The van der Waals surface area contributed by atoms with Crippen LogP contribution in [0.15, 0.2) is 194 Å². The molecule has 11 rings (SSSR count). The summed E-state index contributed by atoms with van der Waals surface area (Å²) in [5.74, 6) is 1.16. The van der Waals surface area contributed by atoms with Crippen LogP contribution >= 0.6 is 0 Å². The Morgan fingerprint density at radius 2 is 1.04 bits per heavy atom. The van der Waals surface area contributed by atoms with E-state index in [4.69, 9.17) is 4.74 Å². The van der Waals surface area contributed by atoms with Crippen LogP contribution in [0.5, 0.6) is 5.75 Å². The van der Waals surface area contributed by atoms with Crippen LogP contribution in [0, 0.1) is 0 Å². The molecular weight excluding hydrogens is 645 g/mol. The molecule has 3 heterocycles. The zero-order valence-electron chi connectivity index (χ0n) is 29.0. The van der Waals surface area contributed by atoms with E-state index in [2.05, 4.69) is 209 Å². The molecule has 0 fully saturated rings. The van der Waals surface area contributed by atoms with Gasteiger partial charge < -0.3 is 19.4 Å². The summed E-state index contributed by atoms with van der Waals surface area (Å²) < 4.78 is 6.65. The van der Waals surface area contributed by atoms with Gasteiger partial charge in [0.25, 0.3) is 6.71 Å². The molecule has 2 atom stereocenters. The van der Waals surface area contributed by atoms with E-state index in [1.165, 1.54) is 39.0 Å². The molecule has 4 nitrogen and oxygen atoms in total. The summed E-state index contributed by atoms with van der Waals surface area (Å²) in [6.45, 7) is 0.00883. The topological polar surface area (TPSA) is 19.0 Å². The lowest BCUT2D eigenvalue weighted by Crippen LogP contribution is -2.61. The summed E-state index contributed by atoms with van der Waals surface area (Å²) in [5.41, 5.74) is 15.5. The second-order valence-electron chi connectivity index (χ2n) is 14.1. The van der Waals surface area contributed by atoms with E-state index in [0.29, 0.717) is 0 Å². The molecule has 0 saturated heterocycles. The predicted molar refractivity (Wildman–Crippen MR) is 221 cm³/mol. The van der Waals surface area contributed by atoms with E-state index in [-0.39, 0.29) is 18.7 Å². The minimum atomic E-state index is 0.00883. The van der Waals surface area contributed by atoms with Gasteiger partial charge >= 0.3 is 0 Å². The van der Waals surface area contributed by atoms with E-state index >= 15 is 0 Å². The number of anilines is 9. The van der Waals surface area contributed by atoms with Gasteiger partial charge in [0.05, 0.1) is 0 Å². The highest BCUT2D eigenvalue weighted by Crippen LogP contribution is 2.49. The Labute approximate surface area is 310 Å². The van der Waals surface area contributed by atoms with Crippen molar-refractivity contribution in [2.24, 2.45) is 0 Å². The van der Waals surface area contributed by atoms with Gasteiger partial charge in [-0.2, -0.15) is 0 Å². The number of para-hydroxylation sites is 4. The third kappa shape index (κ3) is 4.64. The van der Waals surface area contributed by atoms with Gasteiger partial charge in [-0.05, 0) is 95.3 Å². The zero-order chi connectivity index (χ0) is 34.9. The highest BCUT2D eigenvalue weighted by atomic mass is 16.5. The summed E-state index contributed by atoms with van der Waals surface area (Å²) in [6, 6.07) is 61.5. The maximum absolute atomic E-state index is 6.65. The first-order valence-electron chi connectivity index (χ1n) is 18.4. The molecule has 0 saturated carbocycles. The summed E-state index contributed by atoms with van der Waals surface area (Å²) >= 11 is 0. The van der Waals surface area contributed by atoms with Gasteiger partial charge in [0.2, 0.25) is 0 Å². The van der Waals surface area contributed by atoms with Crippen LogP contribution in [-0.4, -0.2) is 12.8 Å². The largest absolute Gasteiger partial charge is 0.485 e. The second-order valence-corrected chi connectivity index (χ2v) is 14.1. The minimum Gasteiger partial charge on any atom is -0.485 e. The summed E-state index contributed by atoms with van der Waals surface area (Å²) in [4.78, 5) is 7.27. The molecule has 53 heavy (non-hydrogen) atoms. The van der Waals surface area contributed by atoms with E-state index in [1.807, 2.05) is 0 Å². The third-order valence-corrected chi connectivity index (χ3v) is 11.1. The fraction of sp³-hybridized carbons (Fsp3) is 0.0417. The molecule has 0 N–H and O–H groups in total. The third-order valence-electron chi connectivity index (χ3n) is 11.1. The molecule has 0 bridgehead atoms. The SMILES string of the molecule is C1=CC2Oc3cc4c(cc3C2C=C1)B1c2ccc(N(c3ccccc3)c3ccccc3)cc2N(c2ccccc2)c2cccc(c21)N4c1ccccc1. The lowest BCUT2D eigenvalue weighted by atomic mass is 9.33. The predicted octanol–water partition coefficient (Wildman–Crippen LogP) is 10.2. The normalized spacial score (nSPS) is 16.9. The molecular formula is C48H34BN3O. The van der Waals surface area contributed by atoms with Crippen molar-refractivity contribution < 1.29 is 4.74 Å². The van der Waals surface area contributed by atoms with Crippen LogP contribution in [0.4, 0.5) is 51.2 Å². The molecule has 3 aliphatic heterocycles. The van der Waals surface area contributed by atoms with Crippen molar-refractivity contribution in [1.29, 1.82) is 0 Å². The van der Waals surface area contributed by atoms with Crippen molar-refractivity contribution in [3.8, 4) is 5.75 Å². The molecule has 7 aromatic carbocycles. The van der Waals surface area contributed by atoms with Gasteiger partial charge in [-0.3, -0.25) is 0 Å². The standard InChI is InChI=1S/C48H34BN3O/c1-5-16-33(17-6-1)50(34-18-7-2-8-19-34)37-28-29-40-44(30-37)51(35-20-9-3-10-21-35)42-25-15-26-43-48(42)49(40)41-31-39-38-24-13-14-27-46(38)53-47(39)32-45(41)52(43)36-22-11-4-12-23-36/h1-32,38,46H. The van der Waals surface area contributed by atoms with Crippen molar-refractivity contribution in [2.75, 3.05) is 14.7 Å². The first kappa shape index (κ1) is 30.0. The Bertz CT molecular complexity index is 2530. The van der Waals surface area contributed by atoms with E-state index in [0.717, 1.165) is 39.9 Å². The molecule has 0 radical (unpaired) electrons. The van der Waals surface area contributed by atoms with Crippen LogP contribution in [0.25, 0.3) is 0 Å². The van der Waals surface area contributed by atoms with Crippen LogP contribution in [0.3, 0.4) is 0 Å². The van der Waals surface area contributed by atoms with Crippen LogP contribution in [0.2, 0.25) is 0 Å². The second kappa shape index (κ2) is 11.9. The molecule has 2 unspecified atom stereocenters. The van der Waals surface area contributed by atoms with Crippen molar-refractivity contribution >= 4 is 74.3 Å². The number of allylic oxidation sites excluding steroid dienone is 2. The Kier molecular flexibility index (Phi) is 6.74. The summed E-state index contributed by atoms with van der Waals surface area (Å²) in [7, 11) is 0. The lowest BCUT2D eigenvalue weighted by molar-refractivity contribution is 0.269. The maximum Gasteiger partial charge on any atom is 0.252 e. The average Bonchev–Trinajstić information content (AvgIpc) is 3.59. The van der Waals surface area contributed by atoms with E-state index < -0.39 is 0 Å². The van der Waals surface area contributed by atoms with Crippen molar-refractivity contribution in [3.05, 3.63) is 200 Å². The molecule has 4 aliphatic rings. The number of nitrogens with zero attached hydrogens (tertiary/aromatic N) is 3. The highest BCUT2D eigenvalue weighted by molar-refractivity contribution is 7.00. The van der Waals surface area contributed by atoms with E-state index in [1.54, 1.807) is 0 Å². The number of benzene rings is 7. The summed E-state index contributed by atoms with van der Waals surface area (Å²) in [5, 5.41) is 0. The van der Waals surface area contributed by atoms with Crippen molar-refractivity contribution in [3.63, 3.8) is 0 Å². The van der Waals surface area contributed by atoms with Gasteiger partial charge in [-0.15, -0.1) is 0 Å². The molecule has 0 spiro atoms. The molecule has 0 aromatic heterocycles. The van der Waals surface area contributed by atoms with Crippen molar-refractivity contribution in [2.45, 2.75) is 12.0 Å². The fourth-order valence-electron chi connectivity index (χ4n) is 8.90. The first-order valence-corrected chi connectivity index (χ1v) is 18.4. The quantitative estimate of drug-likeness (QED) is 0.169. The van der Waals surface area contributed by atoms with Crippen LogP contribution < -0.4 is 35.8 Å². The first-order chi connectivity index (χ1) is 26.3. The molecule has 250 valence electrons. The zero-order valence-corrected chi connectivity index (χ0v) is 29.0. The average molecular weight is 680 g/mol. The van der Waals surface area contributed by atoms with Crippen molar-refractivity contribution in [1.82, 2.24) is 0 Å². The molecule has 7 aromatic rings. The number of hydrogen-bond donors (Lipinski definition) is 0. The smallest absolute Gasteiger partial charge is 0.252 e. The molecule has 5 heteroatoms. The Morgan fingerprint density at radius 3 is 1.66 bits per heavy atom. The monoisotopic (exact) mass is 679 g/mol. The number of rotatable bonds is 5. The van der Waals surface area contributed by atoms with Crippen LogP contribution in [-0.2, 0) is 0 Å². The fourth-order valence-corrected chi connectivity index (χ4v) is 8.90. The molecule has 0 amide bonds. The highest BCUT2D eigenvalue weighted by Gasteiger charge is 2.45. The van der Waals surface area contributed by atoms with Gasteiger partial charge in [0.15, 0.2) is 0 Å². The Hall–Kier alpha value is -6.72. The van der Waals surface area contributed by atoms with Gasteiger partial charge in [-0.1, -0.05) is 109 Å². The minimum absolute atomic E-state index is 0.00883. The van der Waals surface area contributed by atoms with Crippen LogP contribution in [0.1, 0.15) is 11.5 Å². The van der Waals surface area contributed by atoms with Gasteiger partial charge in [0, 0.05) is 68.7 Å². The Balaban J connectivity index is 1.19. The number of fused-ring (bicyclic) bond motifs is 7. The lowest BCUT2D eigenvalue weighted by Gasteiger charge is -2.44. The maximum atomic E-state index is 6.65. The Morgan fingerprint density at radius 1 is 0.472 bits per heavy atom. The number of hydrogen-bond acceptors (Lipinski definition) is 4.